The summed E-state index contributed by atoms with van der Waals surface area (Å²) in [5, 5.41) is 0. The molecule has 0 atom stereocenters. The van der Waals surface area contributed by atoms with Crippen molar-refractivity contribution in [1.82, 2.24) is 5.48 Å². The van der Waals surface area contributed by atoms with Gasteiger partial charge in [-0.1, -0.05) is 0 Å². The van der Waals surface area contributed by atoms with Crippen molar-refractivity contribution in [1.29, 1.82) is 0 Å². The molecule has 0 aromatic heterocycles. The molecule has 0 aliphatic carbocycles. The van der Waals surface area contributed by atoms with Crippen LogP contribution in [0.25, 0.3) is 0 Å². The maximum Gasteiger partial charge on any atom is 0.431 e. The topological polar surface area (TPSA) is 120 Å². The lowest BCUT2D eigenvalue weighted by atomic mass is 10.2. The monoisotopic (exact) mass is 396 g/mol. The Morgan fingerprint density at radius 3 is 1.44 bits per heavy atom. The molecule has 0 heterocycles. The van der Waals surface area contributed by atoms with Crippen LogP contribution in [0.3, 0.4) is 0 Å². The number of hydroxylamine groups is 1. The number of carbonyl (C=O) groups excluding carboxylic acids is 1. The second-order valence-corrected chi connectivity index (χ2v) is 6.30. The van der Waals surface area contributed by atoms with Crippen LogP contribution < -0.4 is 11.2 Å². The van der Waals surface area contributed by atoms with Crippen LogP contribution in [0.1, 0.15) is 20.8 Å². The number of nitrogens with one attached hydrogen (secondary N) is 1. The van der Waals surface area contributed by atoms with E-state index in [-0.39, 0.29) is 6.61 Å². The van der Waals surface area contributed by atoms with Gasteiger partial charge in [0.2, 0.25) is 0 Å². The molecule has 0 spiro atoms. The van der Waals surface area contributed by atoms with Gasteiger partial charge in [-0.05, 0) is 20.8 Å². The lowest BCUT2D eigenvalue weighted by molar-refractivity contribution is -0.0373. The quantitative estimate of drug-likeness (QED) is 0.252. The highest BCUT2D eigenvalue weighted by molar-refractivity contribution is 5.66. The van der Waals surface area contributed by atoms with Crippen LogP contribution in [0, 0.1) is 0 Å². The van der Waals surface area contributed by atoms with E-state index in [1.807, 2.05) is 0 Å². The average molecular weight is 396 g/mol. The van der Waals surface area contributed by atoms with Gasteiger partial charge in [-0.15, -0.1) is 0 Å². The molecule has 10 nitrogen and oxygen atoms in total. The molecule has 27 heavy (non-hydrogen) atoms. The molecular weight excluding hydrogens is 360 g/mol. The van der Waals surface area contributed by atoms with Crippen LogP contribution in [-0.2, 0) is 33.3 Å². The van der Waals surface area contributed by atoms with Crippen molar-refractivity contribution in [3.63, 3.8) is 0 Å². The van der Waals surface area contributed by atoms with Gasteiger partial charge in [0.05, 0.1) is 72.7 Å². The first kappa shape index (κ1) is 26.0. The highest BCUT2D eigenvalue weighted by Crippen LogP contribution is 2.06. The summed E-state index contributed by atoms with van der Waals surface area (Å²) in [6, 6.07) is 0. The van der Waals surface area contributed by atoms with Gasteiger partial charge in [0.15, 0.2) is 0 Å². The molecule has 0 saturated carbocycles. The molecule has 3 N–H and O–H groups in total. The number of rotatable bonds is 18. The van der Waals surface area contributed by atoms with Gasteiger partial charge in [0.25, 0.3) is 0 Å². The summed E-state index contributed by atoms with van der Waals surface area (Å²) in [5.74, 6) is 0. The van der Waals surface area contributed by atoms with Crippen LogP contribution in [0.5, 0.6) is 0 Å². The first-order valence-electron chi connectivity index (χ1n) is 9.15. The van der Waals surface area contributed by atoms with E-state index in [2.05, 4.69) is 5.48 Å². The van der Waals surface area contributed by atoms with Crippen LogP contribution in [0.15, 0.2) is 0 Å². The van der Waals surface area contributed by atoms with E-state index >= 15 is 0 Å². The highest BCUT2D eigenvalue weighted by atomic mass is 16.7. The van der Waals surface area contributed by atoms with Crippen LogP contribution in [-0.4, -0.2) is 90.9 Å². The van der Waals surface area contributed by atoms with Gasteiger partial charge in [-0.2, -0.15) is 5.48 Å². The Labute approximate surface area is 161 Å². The van der Waals surface area contributed by atoms with E-state index in [4.69, 9.17) is 39.0 Å². The molecule has 1 amide bonds. The summed E-state index contributed by atoms with van der Waals surface area (Å²) in [7, 11) is 0. The van der Waals surface area contributed by atoms with Crippen molar-refractivity contribution < 1.29 is 38.1 Å². The molecule has 0 aliphatic rings. The maximum absolute atomic E-state index is 11.3. The lowest BCUT2D eigenvalue weighted by Gasteiger charge is -2.19. The van der Waals surface area contributed by atoms with Gasteiger partial charge in [0.1, 0.15) is 5.60 Å². The summed E-state index contributed by atoms with van der Waals surface area (Å²) in [6.45, 7) is 10.9. The Balaban J connectivity index is 3.12. The fraction of sp³-hybridized carbons (Fsp3) is 0.941. The Kier molecular flexibility index (Phi) is 17.7. The molecule has 0 unspecified atom stereocenters. The number of hydrogen-bond donors (Lipinski definition) is 2. The van der Waals surface area contributed by atoms with E-state index in [0.29, 0.717) is 72.6 Å². The normalized spacial score (nSPS) is 11.6. The van der Waals surface area contributed by atoms with E-state index in [0.717, 1.165) is 0 Å². The first-order valence-corrected chi connectivity index (χ1v) is 9.15. The highest BCUT2D eigenvalue weighted by Gasteiger charge is 2.15. The standard InChI is InChI=1S/C17H36N2O8/c1-17(2,3)27-16(20)19-26-15-14-25-13-12-24-11-10-23-9-8-22-7-6-21-5-4-18/h4-15,18H2,1-3H3,(H,19,20). The molecule has 0 radical (unpaired) electrons. The molecule has 0 rings (SSSR count). The van der Waals surface area contributed by atoms with Gasteiger partial charge >= 0.3 is 6.09 Å². The number of carbonyl (C=O) groups is 1. The van der Waals surface area contributed by atoms with Gasteiger partial charge < -0.3 is 34.2 Å². The zero-order chi connectivity index (χ0) is 20.2. The maximum atomic E-state index is 11.3. The number of hydrogen-bond acceptors (Lipinski definition) is 9. The molecular formula is C17H36N2O8. The predicted octanol–water partition coefficient (Wildman–Crippen LogP) is 0.484. The minimum atomic E-state index is -0.629. The summed E-state index contributed by atoms with van der Waals surface area (Å²) >= 11 is 0. The lowest BCUT2D eigenvalue weighted by Crippen LogP contribution is -2.33. The first-order chi connectivity index (χ1) is 13.0. The molecule has 0 aromatic carbocycles. The number of ether oxygens (including phenoxy) is 6. The Morgan fingerprint density at radius 2 is 1.07 bits per heavy atom. The van der Waals surface area contributed by atoms with E-state index in [9.17, 15) is 4.79 Å². The fourth-order valence-electron chi connectivity index (χ4n) is 1.57. The smallest absolute Gasteiger partial charge is 0.431 e. The molecule has 0 saturated heterocycles. The van der Waals surface area contributed by atoms with Crippen LogP contribution in [0.2, 0.25) is 0 Å². The van der Waals surface area contributed by atoms with Crippen LogP contribution in [0.4, 0.5) is 4.79 Å². The van der Waals surface area contributed by atoms with E-state index in [1.165, 1.54) is 0 Å². The number of nitrogens with two attached hydrogens (primary N) is 1. The minimum Gasteiger partial charge on any atom is -0.442 e. The van der Waals surface area contributed by atoms with Gasteiger partial charge in [-0.25, -0.2) is 4.79 Å². The van der Waals surface area contributed by atoms with Crippen LogP contribution >= 0.6 is 0 Å². The van der Waals surface area contributed by atoms with Crippen molar-refractivity contribution in [2.45, 2.75) is 26.4 Å². The van der Waals surface area contributed by atoms with Gasteiger partial charge in [0, 0.05) is 6.54 Å². The molecule has 10 heteroatoms. The summed E-state index contributed by atoms with van der Waals surface area (Å²) < 4.78 is 31.5. The average Bonchev–Trinajstić information content (AvgIpc) is 2.59. The van der Waals surface area contributed by atoms with Crippen molar-refractivity contribution >= 4 is 6.09 Å². The predicted molar refractivity (Wildman–Crippen MR) is 98.5 cm³/mol. The minimum absolute atomic E-state index is 0.222. The molecule has 0 aliphatic heterocycles. The van der Waals surface area contributed by atoms with Crippen molar-refractivity contribution in [3.8, 4) is 0 Å². The third-order valence-corrected chi connectivity index (χ3v) is 2.63. The summed E-state index contributed by atoms with van der Waals surface area (Å²) in [5.41, 5.74) is 6.91. The zero-order valence-electron chi connectivity index (χ0n) is 16.8. The Morgan fingerprint density at radius 1 is 0.704 bits per heavy atom. The van der Waals surface area contributed by atoms with Crippen molar-refractivity contribution in [3.05, 3.63) is 0 Å². The third-order valence-electron chi connectivity index (χ3n) is 2.63. The van der Waals surface area contributed by atoms with Crippen molar-refractivity contribution in [2.75, 3.05) is 79.2 Å². The summed E-state index contributed by atoms with van der Waals surface area (Å²) in [4.78, 5) is 16.2. The SMILES string of the molecule is CC(C)(C)OC(=O)NOCCOCCOCCOCCOCCOCCN. The second kappa shape index (κ2) is 18.4. The number of amides is 1. The van der Waals surface area contributed by atoms with Gasteiger partial charge in [-0.3, -0.25) is 4.84 Å². The van der Waals surface area contributed by atoms with Crippen molar-refractivity contribution in [2.24, 2.45) is 5.73 Å². The Bertz CT molecular complexity index is 339. The largest absolute Gasteiger partial charge is 0.442 e. The third kappa shape index (κ3) is 23.0. The molecule has 0 fully saturated rings. The van der Waals surface area contributed by atoms with E-state index in [1.54, 1.807) is 20.8 Å². The van der Waals surface area contributed by atoms with E-state index < -0.39 is 11.7 Å². The summed E-state index contributed by atoms with van der Waals surface area (Å²) in [6.07, 6.45) is -0.629. The second-order valence-electron chi connectivity index (χ2n) is 6.30. The molecule has 0 bridgehead atoms. The zero-order valence-corrected chi connectivity index (χ0v) is 16.8. The molecule has 162 valence electrons. The Hall–Kier alpha value is -1.01. The molecule has 0 aromatic rings. The fourth-order valence-corrected chi connectivity index (χ4v) is 1.57.